The number of hydrogen-bond donors (Lipinski definition) is 1. The first kappa shape index (κ1) is 17.4. The van der Waals surface area contributed by atoms with Crippen LogP contribution in [0.4, 0.5) is 4.39 Å². The monoisotopic (exact) mass is 340 g/mol. The minimum Gasteiger partial charge on any atom is -0.478 e. The minimum absolute atomic E-state index is 0.0159. The smallest absolute Gasteiger partial charge is 0.336 e. The lowest BCUT2D eigenvalue weighted by atomic mass is 10.0. The number of aromatic carboxylic acids is 1. The van der Waals surface area contributed by atoms with Crippen molar-refractivity contribution in [3.05, 3.63) is 28.8 Å². The highest BCUT2D eigenvalue weighted by Crippen LogP contribution is 2.41. The molecule has 0 bridgehead atoms. The van der Waals surface area contributed by atoms with Crippen molar-refractivity contribution in [3.63, 3.8) is 0 Å². The van der Waals surface area contributed by atoms with Crippen molar-refractivity contribution in [2.24, 2.45) is 0 Å². The highest BCUT2D eigenvalue weighted by molar-refractivity contribution is 7.85. The van der Waals surface area contributed by atoms with Crippen molar-refractivity contribution in [2.45, 2.75) is 41.9 Å². The van der Waals surface area contributed by atoms with Crippen LogP contribution < -0.4 is 0 Å². The maximum atomic E-state index is 13.9. The molecule has 112 valence electrons. The largest absolute Gasteiger partial charge is 0.478 e. The van der Waals surface area contributed by atoms with Crippen molar-refractivity contribution in [1.29, 1.82) is 0 Å². The van der Waals surface area contributed by atoms with Crippen LogP contribution in [0.15, 0.2) is 17.0 Å². The zero-order chi connectivity index (χ0) is 15.7. The van der Waals surface area contributed by atoms with Gasteiger partial charge in [-0.25, -0.2) is 9.18 Å². The SMILES string of the molecule is CCc1c(C(=O)O)ccc(C(F)(Cl)Cl)c1[S@](=O)C(C)C. The Morgan fingerprint density at radius 1 is 1.45 bits per heavy atom. The number of alkyl halides is 3. The Morgan fingerprint density at radius 2 is 2.00 bits per heavy atom. The number of carboxylic acid groups (broad SMARTS) is 1. The van der Waals surface area contributed by atoms with Gasteiger partial charge in [0.2, 0.25) is 0 Å². The van der Waals surface area contributed by atoms with E-state index in [2.05, 4.69) is 0 Å². The van der Waals surface area contributed by atoms with E-state index < -0.39 is 21.4 Å². The summed E-state index contributed by atoms with van der Waals surface area (Å²) in [6.07, 6.45) is 0.285. The average Bonchev–Trinajstić information content (AvgIpc) is 2.34. The van der Waals surface area contributed by atoms with Gasteiger partial charge in [0.15, 0.2) is 0 Å². The molecule has 1 atom stereocenters. The second kappa shape index (κ2) is 6.41. The summed E-state index contributed by atoms with van der Waals surface area (Å²) in [5.41, 5.74) is 0.123. The molecule has 1 aromatic rings. The fraction of sp³-hybridized carbons (Fsp3) is 0.462. The molecule has 7 heteroatoms. The van der Waals surface area contributed by atoms with Crippen LogP contribution in [0.2, 0.25) is 0 Å². The van der Waals surface area contributed by atoms with E-state index >= 15 is 0 Å². The summed E-state index contributed by atoms with van der Waals surface area (Å²) in [7, 11) is -1.60. The van der Waals surface area contributed by atoms with Crippen LogP contribution in [0.5, 0.6) is 0 Å². The summed E-state index contributed by atoms with van der Waals surface area (Å²) in [6.45, 7) is 5.08. The molecule has 3 nitrogen and oxygen atoms in total. The van der Waals surface area contributed by atoms with Crippen molar-refractivity contribution in [3.8, 4) is 0 Å². The minimum atomic E-state index is -2.72. The van der Waals surface area contributed by atoms with Crippen LogP contribution in [-0.4, -0.2) is 20.5 Å². The molecule has 0 spiro atoms. The first-order valence-corrected chi connectivity index (χ1v) is 7.95. The van der Waals surface area contributed by atoms with E-state index in [0.717, 1.165) is 0 Å². The summed E-state index contributed by atoms with van der Waals surface area (Å²) in [6, 6.07) is 2.41. The number of hydrogen-bond acceptors (Lipinski definition) is 2. The van der Waals surface area contributed by atoms with Gasteiger partial charge in [-0.3, -0.25) is 4.21 Å². The van der Waals surface area contributed by atoms with Gasteiger partial charge in [-0.1, -0.05) is 50.0 Å². The topological polar surface area (TPSA) is 54.4 Å². The van der Waals surface area contributed by atoms with Gasteiger partial charge in [0.1, 0.15) is 0 Å². The number of benzene rings is 1. The van der Waals surface area contributed by atoms with Gasteiger partial charge >= 0.3 is 5.97 Å². The van der Waals surface area contributed by atoms with Crippen LogP contribution in [0.3, 0.4) is 0 Å². The van der Waals surface area contributed by atoms with Crippen LogP contribution >= 0.6 is 23.2 Å². The lowest BCUT2D eigenvalue weighted by Crippen LogP contribution is -2.18. The number of carboxylic acids is 1. The van der Waals surface area contributed by atoms with E-state index in [1.54, 1.807) is 20.8 Å². The Labute approximate surface area is 129 Å². The van der Waals surface area contributed by atoms with Crippen LogP contribution in [0, 0.1) is 0 Å². The van der Waals surface area contributed by atoms with Gasteiger partial charge < -0.3 is 5.11 Å². The third-order valence-electron chi connectivity index (χ3n) is 2.78. The van der Waals surface area contributed by atoms with E-state index in [0.29, 0.717) is 5.56 Å². The highest BCUT2D eigenvalue weighted by Gasteiger charge is 2.34. The molecule has 1 N–H and O–H groups in total. The van der Waals surface area contributed by atoms with Crippen molar-refractivity contribution < 1.29 is 18.5 Å². The van der Waals surface area contributed by atoms with Gasteiger partial charge in [0.05, 0.1) is 21.3 Å². The molecule has 0 saturated carbocycles. The molecule has 1 rings (SSSR count). The summed E-state index contributed by atoms with van der Waals surface area (Å²) in [4.78, 5) is 11.3. The Bertz CT molecular complexity index is 553. The number of carbonyl (C=O) groups is 1. The molecule has 0 aliphatic rings. The van der Waals surface area contributed by atoms with E-state index in [1.165, 1.54) is 12.1 Å². The van der Waals surface area contributed by atoms with Crippen molar-refractivity contribution >= 4 is 40.0 Å². The first-order chi connectivity index (χ1) is 9.11. The van der Waals surface area contributed by atoms with Gasteiger partial charge in [0, 0.05) is 10.8 Å². The molecular weight excluding hydrogens is 326 g/mol. The Morgan fingerprint density at radius 3 is 2.35 bits per heavy atom. The van der Waals surface area contributed by atoms with Crippen LogP contribution in [-0.2, 0) is 21.8 Å². The second-order valence-corrected chi connectivity index (χ2v) is 7.65. The number of rotatable bonds is 5. The Balaban J connectivity index is 3.74. The fourth-order valence-electron chi connectivity index (χ4n) is 1.87. The summed E-state index contributed by atoms with van der Waals surface area (Å²) >= 11 is 11.0. The summed E-state index contributed by atoms with van der Waals surface area (Å²) in [5, 5.41) is 8.86. The van der Waals surface area contributed by atoms with Crippen molar-refractivity contribution in [1.82, 2.24) is 0 Å². The average molecular weight is 341 g/mol. The standard InChI is InChI=1S/C13H15Cl2FO3S/c1-4-8-9(12(17)18)5-6-10(13(14,15)16)11(8)20(19)7(2)3/h5-7H,4H2,1-3H3,(H,17,18)/t20-/m1/s1. The predicted octanol–water partition coefficient (Wildman–Crippen LogP) is 4.02. The quantitative estimate of drug-likeness (QED) is 0.823. The van der Waals surface area contributed by atoms with Crippen LogP contribution in [0.1, 0.15) is 42.3 Å². The zero-order valence-corrected chi connectivity index (χ0v) is 13.6. The fourth-order valence-corrected chi connectivity index (χ4v) is 3.69. The third kappa shape index (κ3) is 3.51. The van der Waals surface area contributed by atoms with E-state index in [1.807, 2.05) is 0 Å². The Hall–Kier alpha value is -0.650. The van der Waals surface area contributed by atoms with Gasteiger partial charge in [0.25, 0.3) is 4.59 Å². The predicted molar refractivity (Wildman–Crippen MR) is 78.8 cm³/mol. The number of halogens is 3. The maximum Gasteiger partial charge on any atom is 0.336 e. The summed E-state index contributed by atoms with van der Waals surface area (Å²) < 4.78 is 23.6. The molecule has 0 saturated heterocycles. The maximum absolute atomic E-state index is 13.9. The molecule has 0 heterocycles. The summed E-state index contributed by atoms with van der Waals surface area (Å²) in [5.74, 6) is -1.16. The molecule has 0 unspecified atom stereocenters. The van der Waals surface area contributed by atoms with Crippen LogP contribution in [0.25, 0.3) is 0 Å². The second-order valence-electron chi connectivity index (χ2n) is 4.47. The van der Waals surface area contributed by atoms with Gasteiger partial charge in [-0.05, 0) is 18.1 Å². The highest BCUT2D eigenvalue weighted by atomic mass is 35.5. The van der Waals surface area contributed by atoms with E-state index in [-0.39, 0.29) is 27.7 Å². The molecule has 20 heavy (non-hydrogen) atoms. The first-order valence-electron chi connectivity index (χ1n) is 5.98. The molecule has 0 fully saturated rings. The molecule has 1 aromatic carbocycles. The lowest BCUT2D eigenvalue weighted by molar-refractivity contribution is 0.0695. The molecule has 0 aliphatic carbocycles. The van der Waals surface area contributed by atoms with E-state index in [9.17, 15) is 18.5 Å². The molecule has 0 aliphatic heterocycles. The van der Waals surface area contributed by atoms with Gasteiger partial charge in [-0.2, -0.15) is 0 Å². The molecule has 0 aromatic heterocycles. The third-order valence-corrected chi connectivity index (χ3v) is 4.91. The van der Waals surface area contributed by atoms with E-state index in [4.69, 9.17) is 23.2 Å². The Kier molecular flexibility index (Phi) is 5.58. The molecule has 0 amide bonds. The van der Waals surface area contributed by atoms with Crippen molar-refractivity contribution in [2.75, 3.05) is 0 Å². The normalized spacial score (nSPS) is 13.6. The van der Waals surface area contributed by atoms with Gasteiger partial charge in [-0.15, -0.1) is 0 Å². The molecular formula is C13H15Cl2FO3S. The lowest BCUT2D eigenvalue weighted by Gasteiger charge is -2.20. The zero-order valence-electron chi connectivity index (χ0n) is 11.2. The molecule has 0 radical (unpaired) electrons.